The van der Waals surface area contributed by atoms with Crippen LogP contribution in [-0.4, -0.2) is 52.4 Å². The molecule has 0 aliphatic carbocycles. The number of rotatable bonds is 10. The van der Waals surface area contributed by atoms with Gasteiger partial charge in [-0.2, -0.15) is 0 Å². The number of nitrogens with two attached hydrogens (primary N) is 4. The summed E-state index contributed by atoms with van der Waals surface area (Å²) in [5.74, 6) is 0. The third-order valence-corrected chi connectivity index (χ3v) is 11.3. The van der Waals surface area contributed by atoms with Gasteiger partial charge in [0.1, 0.15) is 0 Å². The summed E-state index contributed by atoms with van der Waals surface area (Å²) in [6, 6.07) is 21.2. The Bertz CT molecular complexity index is 1650. The Labute approximate surface area is 313 Å². The molecular weight excluding hydrogens is 641 g/mol. The molecule has 4 aromatic carbocycles. The average molecular weight is 705 g/mol. The van der Waals surface area contributed by atoms with E-state index in [-0.39, 0.29) is 0 Å². The van der Waals surface area contributed by atoms with E-state index < -0.39 is 0 Å². The minimum absolute atomic E-state index is 0.871. The summed E-state index contributed by atoms with van der Waals surface area (Å²) < 4.78 is 0. The van der Waals surface area contributed by atoms with Crippen LogP contribution in [0.3, 0.4) is 0 Å². The molecule has 0 aromatic heterocycles. The molecule has 0 spiro atoms. The summed E-state index contributed by atoms with van der Waals surface area (Å²) in [7, 11) is 0. The fraction of sp³-hybridized carbons (Fsp3) is 0.455. The maximum absolute atomic E-state index is 6.06. The molecule has 2 aliphatic heterocycles. The third-order valence-electron chi connectivity index (χ3n) is 11.3. The number of hydrogen-bond acceptors (Lipinski definition) is 8. The first-order valence-electron chi connectivity index (χ1n) is 19.5. The van der Waals surface area contributed by atoms with E-state index in [9.17, 15) is 0 Å². The number of benzene rings is 4. The van der Waals surface area contributed by atoms with Crippen molar-refractivity contribution >= 4 is 45.5 Å². The first kappa shape index (κ1) is 38.5. The van der Waals surface area contributed by atoms with Crippen LogP contribution in [0, 0.1) is 27.7 Å². The van der Waals surface area contributed by atoms with Crippen LogP contribution in [0.2, 0.25) is 0 Å². The minimum atomic E-state index is 0.871. The predicted octanol–water partition coefficient (Wildman–Crippen LogP) is 8.27. The van der Waals surface area contributed by atoms with Crippen LogP contribution in [0.1, 0.15) is 72.9 Å². The Balaban J connectivity index is 0.000000203. The lowest BCUT2D eigenvalue weighted by atomic mass is 10.0. The van der Waals surface area contributed by atoms with Crippen LogP contribution < -0.4 is 42.5 Å². The molecule has 0 radical (unpaired) electrons. The molecule has 2 fully saturated rings. The topological polar surface area (TPSA) is 117 Å². The molecule has 0 saturated carbocycles. The molecule has 52 heavy (non-hydrogen) atoms. The van der Waals surface area contributed by atoms with Gasteiger partial charge in [0.05, 0.1) is 0 Å². The second-order valence-electron chi connectivity index (χ2n) is 14.8. The number of hydrogen-bond donors (Lipinski definition) is 4. The lowest BCUT2D eigenvalue weighted by molar-refractivity contribution is 0.646. The number of anilines is 8. The van der Waals surface area contributed by atoms with Crippen LogP contribution in [0.5, 0.6) is 0 Å². The van der Waals surface area contributed by atoms with E-state index in [1.807, 2.05) is 24.3 Å². The summed E-state index contributed by atoms with van der Waals surface area (Å²) in [6.45, 7) is 21.3. The summed E-state index contributed by atoms with van der Waals surface area (Å²) in [6.07, 6.45) is 7.05. The van der Waals surface area contributed by atoms with Crippen molar-refractivity contribution < 1.29 is 0 Å². The monoisotopic (exact) mass is 705 g/mol. The quantitative estimate of drug-likeness (QED) is 0.122. The van der Waals surface area contributed by atoms with E-state index in [0.29, 0.717) is 0 Å². The molecule has 2 saturated heterocycles. The summed E-state index contributed by atoms with van der Waals surface area (Å²) in [5.41, 5.74) is 40.8. The van der Waals surface area contributed by atoms with E-state index in [1.54, 1.807) is 0 Å². The van der Waals surface area contributed by atoms with Gasteiger partial charge in [-0.1, -0.05) is 26.7 Å². The standard InChI is InChI=1S/C24H36N4.C20H28N4/c1-3-5-7-19-17-21(25)9-11-23(19)27-13-15-28(16-14-27)24-12-10-22(26)18-20(24)8-6-4-2;1-13-15(3)19(7-5-17(13)21)23-9-11-24(12-10-23)20-8-6-18(22)14(2)16(20)4/h9-12,17-18H,3-8,13-16,25-26H2,1-2H3;5-8H,9-12,21-22H2,1-4H3. The van der Waals surface area contributed by atoms with E-state index in [0.717, 1.165) is 87.9 Å². The van der Waals surface area contributed by atoms with E-state index in [2.05, 4.69) is 97.5 Å². The number of nitrogens with zero attached hydrogens (tertiary/aromatic N) is 4. The Kier molecular flexibility index (Phi) is 13.1. The minimum Gasteiger partial charge on any atom is -0.399 e. The molecule has 2 heterocycles. The Morgan fingerprint density at radius 2 is 0.731 bits per heavy atom. The van der Waals surface area contributed by atoms with Crippen LogP contribution in [0.25, 0.3) is 0 Å². The lowest BCUT2D eigenvalue weighted by Gasteiger charge is -2.39. The highest BCUT2D eigenvalue weighted by molar-refractivity contribution is 5.68. The predicted molar refractivity (Wildman–Crippen MR) is 228 cm³/mol. The van der Waals surface area contributed by atoms with Gasteiger partial charge in [0.2, 0.25) is 0 Å². The van der Waals surface area contributed by atoms with Gasteiger partial charge in [0, 0.05) is 97.9 Å². The lowest BCUT2D eigenvalue weighted by Crippen LogP contribution is -2.47. The van der Waals surface area contributed by atoms with Gasteiger partial charge in [-0.3, -0.25) is 0 Å². The molecule has 0 unspecified atom stereocenters. The highest BCUT2D eigenvalue weighted by Crippen LogP contribution is 2.32. The Morgan fingerprint density at radius 1 is 0.423 bits per heavy atom. The normalized spacial score (nSPS) is 14.7. The van der Waals surface area contributed by atoms with Gasteiger partial charge in [-0.15, -0.1) is 0 Å². The van der Waals surface area contributed by atoms with Crippen molar-refractivity contribution in [3.8, 4) is 0 Å². The van der Waals surface area contributed by atoms with Crippen molar-refractivity contribution in [1.82, 2.24) is 0 Å². The molecule has 8 N–H and O–H groups in total. The molecule has 8 heteroatoms. The van der Waals surface area contributed by atoms with Crippen LogP contribution >= 0.6 is 0 Å². The zero-order valence-electron chi connectivity index (χ0n) is 32.8. The molecule has 0 bridgehead atoms. The number of piperazine rings is 2. The largest absolute Gasteiger partial charge is 0.399 e. The maximum atomic E-state index is 6.06. The second kappa shape index (κ2) is 17.7. The van der Waals surface area contributed by atoms with Crippen molar-refractivity contribution in [2.24, 2.45) is 0 Å². The van der Waals surface area contributed by atoms with E-state index in [1.165, 1.54) is 81.8 Å². The van der Waals surface area contributed by atoms with Crippen molar-refractivity contribution in [3.63, 3.8) is 0 Å². The zero-order chi connectivity index (χ0) is 37.4. The molecule has 2 aliphatic rings. The Morgan fingerprint density at radius 3 is 1.06 bits per heavy atom. The second-order valence-corrected chi connectivity index (χ2v) is 14.8. The number of unbranched alkanes of at least 4 members (excludes halogenated alkanes) is 2. The zero-order valence-corrected chi connectivity index (χ0v) is 32.8. The molecule has 6 rings (SSSR count). The van der Waals surface area contributed by atoms with Gasteiger partial charge in [0.25, 0.3) is 0 Å². The van der Waals surface area contributed by atoms with E-state index >= 15 is 0 Å². The van der Waals surface area contributed by atoms with Gasteiger partial charge in [-0.25, -0.2) is 0 Å². The number of nitrogen functional groups attached to an aromatic ring is 4. The maximum Gasteiger partial charge on any atom is 0.0401 e. The summed E-state index contributed by atoms with van der Waals surface area (Å²) in [4.78, 5) is 10.0. The fourth-order valence-electron chi connectivity index (χ4n) is 7.68. The average Bonchev–Trinajstić information content (AvgIpc) is 3.15. The molecule has 4 aromatic rings. The van der Waals surface area contributed by atoms with Crippen molar-refractivity contribution in [3.05, 3.63) is 94.0 Å². The van der Waals surface area contributed by atoms with E-state index in [4.69, 9.17) is 22.9 Å². The first-order valence-corrected chi connectivity index (χ1v) is 19.5. The smallest absolute Gasteiger partial charge is 0.0401 e. The first-order chi connectivity index (χ1) is 25.0. The summed E-state index contributed by atoms with van der Waals surface area (Å²) in [5, 5.41) is 0. The van der Waals surface area contributed by atoms with Crippen LogP contribution in [0.15, 0.2) is 60.7 Å². The van der Waals surface area contributed by atoms with Crippen LogP contribution in [0.4, 0.5) is 45.5 Å². The summed E-state index contributed by atoms with van der Waals surface area (Å²) >= 11 is 0. The Hall–Kier alpha value is -4.72. The molecule has 8 nitrogen and oxygen atoms in total. The highest BCUT2D eigenvalue weighted by Gasteiger charge is 2.23. The van der Waals surface area contributed by atoms with Gasteiger partial charge >= 0.3 is 0 Å². The molecule has 0 amide bonds. The number of aryl methyl sites for hydroxylation is 2. The molecular formula is C44H64N8. The SMILES string of the molecule is CCCCc1cc(N)ccc1N1CCN(c2ccc(N)cc2CCCC)CC1.Cc1c(N)ccc(N2CCN(c3ccc(N)c(C)c3C)CC2)c1C. The fourth-order valence-corrected chi connectivity index (χ4v) is 7.68. The van der Waals surface area contributed by atoms with Crippen LogP contribution in [-0.2, 0) is 12.8 Å². The third kappa shape index (κ3) is 9.01. The molecule has 0 atom stereocenters. The van der Waals surface area contributed by atoms with Gasteiger partial charge in [-0.05, 0) is 147 Å². The highest BCUT2D eigenvalue weighted by atomic mass is 15.3. The van der Waals surface area contributed by atoms with Gasteiger partial charge < -0.3 is 42.5 Å². The van der Waals surface area contributed by atoms with Crippen molar-refractivity contribution in [1.29, 1.82) is 0 Å². The van der Waals surface area contributed by atoms with Crippen molar-refractivity contribution in [2.45, 2.75) is 80.1 Å². The van der Waals surface area contributed by atoms with Gasteiger partial charge in [0.15, 0.2) is 0 Å². The van der Waals surface area contributed by atoms with Crippen molar-refractivity contribution in [2.75, 3.05) is 94.9 Å². The molecule has 280 valence electrons.